The summed E-state index contributed by atoms with van der Waals surface area (Å²) in [5, 5.41) is 11.0. The van der Waals surface area contributed by atoms with Crippen LogP contribution in [0.15, 0.2) is 109 Å². The summed E-state index contributed by atoms with van der Waals surface area (Å²) < 4.78 is 5.24. The molecular formula is C33H29N3O5. The second-order valence-corrected chi connectivity index (χ2v) is 9.79. The first-order valence-corrected chi connectivity index (χ1v) is 13.2. The number of nitro groups is 1. The van der Waals surface area contributed by atoms with E-state index < -0.39 is 4.92 Å². The Morgan fingerprint density at radius 2 is 1.59 bits per heavy atom. The van der Waals surface area contributed by atoms with E-state index in [4.69, 9.17) is 4.74 Å². The van der Waals surface area contributed by atoms with Crippen LogP contribution in [0.4, 0.5) is 17.1 Å². The first-order valence-electron chi connectivity index (χ1n) is 13.2. The highest BCUT2D eigenvalue weighted by atomic mass is 16.6. The maximum Gasteiger partial charge on any atom is 0.269 e. The van der Waals surface area contributed by atoms with Crippen LogP contribution in [0.5, 0.6) is 5.75 Å². The van der Waals surface area contributed by atoms with Crippen LogP contribution in [0, 0.1) is 10.1 Å². The lowest BCUT2D eigenvalue weighted by Gasteiger charge is -2.43. The number of hydrogen-bond donors (Lipinski definition) is 0. The number of nitrogens with zero attached hydrogens (tertiary/aromatic N) is 3. The number of amides is 2. The molecule has 4 aromatic carbocycles. The Hall–Kier alpha value is -5.24. The van der Waals surface area contributed by atoms with E-state index in [0.717, 1.165) is 16.9 Å². The maximum atomic E-state index is 13.8. The summed E-state index contributed by atoms with van der Waals surface area (Å²) in [5.41, 5.74) is 3.56. The standard InChI is InChI=1S/C33H29N3O5/c1-23-22-31(29-10-6-7-11-30(29)34(23)33(38)25-15-19-28(41-2)20-16-25)35(26-8-4-3-5-9-26)32(37)21-14-24-12-17-27(18-13-24)36(39)40/h3-21,23,31H,22H2,1-2H3/b21-14+. The van der Waals surface area contributed by atoms with Gasteiger partial charge in [-0.05, 0) is 85.1 Å². The van der Waals surface area contributed by atoms with E-state index in [1.807, 2.05) is 61.5 Å². The van der Waals surface area contributed by atoms with Crippen molar-refractivity contribution in [2.75, 3.05) is 16.9 Å². The molecule has 0 bridgehead atoms. The van der Waals surface area contributed by atoms with Gasteiger partial charge in [-0.2, -0.15) is 0 Å². The van der Waals surface area contributed by atoms with E-state index in [-0.39, 0.29) is 29.6 Å². The second-order valence-electron chi connectivity index (χ2n) is 9.79. The number of carbonyl (C=O) groups excluding carboxylic acids is 2. The van der Waals surface area contributed by atoms with Crippen molar-refractivity contribution in [1.82, 2.24) is 0 Å². The first kappa shape index (κ1) is 27.3. The van der Waals surface area contributed by atoms with Gasteiger partial charge in [0.05, 0.1) is 18.1 Å². The lowest BCUT2D eigenvalue weighted by Crippen LogP contribution is -2.47. The van der Waals surface area contributed by atoms with Crippen molar-refractivity contribution in [3.63, 3.8) is 0 Å². The lowest BCUT2D eigenvalue weighted by molar-refractivity contribution is -0.384. The number of benzene rings is 4. The fourth-order valence-electron chi connectivity index (χ4n) is 5.21. The number of nitro benzene ring substituents is 1. The van der Waals surface area contributed by atoms with Crippen LogP contribution in [0.2, 0.25) is 0 Å². The molecule has 0 aromatic heterocycles. The Labute approximate surface area is 238 Å². The SMILES string of the molecule is COc1ccc(C(=O)N2c3ccccc3C(N(C(=O)/C=C/c3ccc([N+](=O)[O-])cc3)c3ccccc3)CC2C)cc1. The molecule has 41 heavy (non-hydrogen) atoms. The molecule has 8 nitrogen and oxygen atoms in total. The Morgan fingerprint density at radius 3 is 2.24 bits per heavy atom. The third kappa shape index (κ3) is 5.72. The summed E-state index contributed by atoms with van der Waals surface area (Å²) in [7, 11) is 1.58. The van der Waals surface area contributed by atoms with Gasteiger partial charge in [0.15, 0.2) is 0 Å². The van der Waals surface area contributed by atoms with Crippen LogP contribution in [0.25, 0.3) is 6.08 Å². The van der Waals surface area contributed by atoms with E-state index in [1.165, 1.54) is 18.2 Å². The third-order valence-electron chi connectivity index (χ3n) is 7.22. The highest BCUT2D eigenvalue weighted by molar-refractivity contribution is 6.08. The molecule has 8 heteroatoms. The minimum Gasteiger partial charge on any atom is -0.497 e. The molecule has 5 rings (SSSR count). The highest BCUT2D eigenvalue weighted by Crippen LogP contribution is 2.43. The Balaban J connectivity index is 1.50. The molecule has 4 aromatic rings. The number of non-ortho nitro benzene ring substituents is 1. The molecule has 2 atom stereocenters. The molecule has 0 aliphatic carbocycles. The molecule has 0 saturated carbocycles. The van der Waals surface area contributed by atoms with E-state index in [2.05, 4.69) is 0 Å². The number of ether oxygens (including phenoxy) is 1. The Bertz CT molecular complexity index is 1580. The predicted octanol–water partition coefficient (Wildman–Crippen LogP) is 6.83. The van der Waals surface area contributed by atoms with Gasteiger partial charge in [0.1, 0.15) is 5.75 Å². The number of rotatable bonds is 7. The molecule has 0 spiro atoms. The van der Waals surface area contributed by atoms with Crippen LogP contribution in [0.3, 0.4) is 0 Å². The third-order valence-corrected chi connectivity index (χ3v) is 7.22. The van der Waals surface area contributed by atoms with Crippen LogP contribution in [-0.2, 0) is 4.79 Å². The molecule has 0 fully saturated rings. The van der Waals surface area contributed by atoms with Gasteiger partial charge in [-0.15, -0.1) is 0 Å². The second kappa shape index (κ2) is 11.9. The van der Waals surface area contributed by atoms with E-state index in [1.54, 1.807) is 59.4 Å². The number of methoxy groups -OCH3 is 1. The smallest absolute Gasteiger partial charge is 0.269 e. The normalized spacial score (nSPS) is 16.2. The van der Waals surface area contributed by atoms with Crippen molar-refractivity contribution in [3.8, 4) is 5.75 Å². The van der Waals surface area contributed by atoms with Gasteiger partial charge in [0, 0.05) is 41.2 Å². The van der Waals surface area contributed by atoms with Gasteiger partial charge in [-0.1, -0.05) is 36.4 Å². The summed E-state index contributed by atoms with van der Waals surface area (Å²) >= 11 is 0. The topological polar surface area (TPSA) is 93.0 Å². The van der Waals surface area contributed by atoms with Gasteiger partial charge >= 0.3 is 0 Å². The number of anilines is 2. The summed E-state index contributed by atoms with van der Waals surface area (Å²) in [5.74, 6) is 0.311. The Morgan fingerprint density at radius 1 is 0.927 bits per heavy atom. The summed E-state index contributed by atoms with van der Waals surface area (Å²) in [6.07, 6.45) is 3.65. The molecule has 0 saturated heterocycles. The quantitative estimate of drug-likeness (QED) is 0.144. The zero-order valence-corrected chi connectivity index (χ0v) is 22.7. The monoisotopic (exact) mass is 547 g/mol. The molecule has 1 aliphatic rings. The van der Waals surface area contributed by atoms with Gasteiger partial charge in [-0.25, -0.2) is 0 Å². The van der Waals surface area contributed by atoms with Crippen molar-refractivity contribution in [1.29, 1.82) is 0 Å². The zero-order valence-electron chi connectivity index (χ0n) is 22.7. The molecule has 1 aliphatic heterocycles. The maximum absolute atomic E-state index is 13.8. The molecule has 0 N–H and O–H groups in total. The van der Waals surface area contributed by atoms with Gasteiger partial charge in [0.25, 0.3) is 17.5 Å². The average Bonchev–Trinajstić information content (AvgIpc) is 3.00. The lowest BCUT2D eigenvalue weighted by atomic mass is 9.89. The van der Waals surface area contributed by atoms with Crippen LogP contribution in [-0.4, -0.2) is 29.9 Å². The average molecular weight is 548 g/mol. The summed E-state index contributed by atoms with van der Waals surface area (Å²) in [6, 6.07) is 29.7. The van der Waals surface area contributed by atoms with E-state index in [0.29, 0.717) is 23.3 Å². The molecule has 0 radical (unpaired) electrons. The summed E-state index contributed by atoms with van der Waals surface area (Å²) in [4.78, 5) is 41.7. The molecular weight excluding hydrogens is 518 g/mol. The molecule has 2 amide bonds. The zero-order chi connectivity index (χ0) is 28.9. The minimum absolute atomic E-state index is 0.0130. The number of fused-ring (bicyclic) bond motifs is 1. The van der Waals surface area contributed by atoms with Gasteiger partial charge in [-0.3, -0.25) is 19.7 Å². The number of hydrogen-bond acceptors (Lipinski definition) is 5. The highest BCUT2D eigenvalue weighted by Gasteiger charge is 2.38. The first-order chi connectivity index (χ1) is 19.9. The van der Waals surface area contributed by atoms with Crippen LogP contribution in [0.1, 0.15) is 40.9 Å². The Kier molecular flexibility index (Phi) is 7.92. The van der Waals surface area contributed by atoms with E-state index in [9.17, 15) is 19.7 Å². The van der Waals surface area contributed by atoms with Gasteiger partial charge in [0.2, 0.25) is 0 Å². The van der Waals surface area contributed by atoms with Crippen LogP contribution < -0.4 is 14.5 Å². The predicted molar refractivity (Wildman–Crippen MR) is 159 cm³/mol. The van der Waals surface area contributed by atoms with Crippen LogP contribution >= 0.6 is 0 Å². The van der Waals surface area contributed by atoms with Crippen molar-refractivity contribution in [2.24, 2.45) is 0 Å². The molecule has 1 heterocycles. The van der Waals surface area contributed by atoms with Crippen molar-refractivity contribution in [2.45, 2.75) is 25.4 Å². The number of carbonyl (C=O) groups is 2. The van der Waals surface area contributed by atoms with Crippen molar-refractivity contribution >= 4 is 35.0 Å². The van der Waals surface area contributed by atoms with Gasteiger partial charge < -0.3 is 14.5 Å². The van der Waals surface area contributed by atoms with E-state index >= 15 is 0 Å². The molecule has 206 valence electrons. The minimum atomic E-state index is -0.458. The van der Waals surface area contributed by atoms with Crippen molar-refractivity contribution < 1.29 is 19.2 Å². The number of para-hydroxylation sites is 2. The van der Waals surface area contributed by atoms with Crippen molar-refractivity contribution in [3.05, 3.63) is 136 Å². The fourth-order valence-corrected chi connectivity index (χ4v) is 5.21. The largest absolute Gasteiger partial charge is 0.497 e. The molecule has 2 unspecified atom stereocenters. The fraction of sp³-hybridized carbons (Fsp3) is 0.152. The summed E-state index contributed by atoms with van der Waals surface area (Å²) in [6.45, 7) is 1.99.